The fourth-order valence-corrected chi connectivity index (χ4v) is 16.0. The fourth-order valence-electron chi connectivity index (χ4n) is 8.07. The zero-order valence-electron chi connectivity index (χ0n) is 25.1. The van der Waals surface area contributed by atoms with Crippen molar-refractivity contribution in [3.05, 3.63) is 118 Å². The summed E-state index contributed by atoms with van der Waals surface area (Å²) in [6.45, 7) is 10.4. The van der Waals surface area contributed by atoms with Gasteiger partial charge in [0.1, 0.15) is 0 Å². The first-order valence-electron chi connectivity index (χ1n) is 15.4. The molecule has 2 aliphatic rings. The third kappa shape index (κ3) is 4.96. The highest BCUT2D eigenvalue weighted by molar-refractivity contribution is 6.80. The highest BCUT2D eigenvalue weighted by Crippen LogP contribution is 2.52. The Morgan fingerprint density at radius 3 is 1.34 bits per heavy atom. The molecule has 2 N–H and O–H groups in total. The van der Waals surface area contributed by atoms with Gasteiger partial charge < -0.3 is 10.2 Å². The van der Waals surface area contributed by atoms with Crippen LogP contribution in [-0.4, -0.2) is 49.1 Å². The second-order valence-corrected chi connectivity index (χ2v) is 25.4. The van der Waals surface area contributed by atoms with Crippen molar-refractivity contribution in [2.45, 2.75) is 61.4 Å². The van der Waals surface area contributed by atoms with Gasteiger partial charge in [0, 0.05) is 33.8 Å². The number of benzene rings is 4. The molecule has 2 aliphatic carbocycles. The lowest BCUT2D eigenvalue weighted by atomic mass is 10.0. The maximum absolute atomic E-state index is 9.98. The molecule has 0 saturated heterocycles. The van der Waals surface area contributed by atoms with Gasteiger partial charge in [-0.05, 0) is 79.8 Å². The van der Waals surface area contributed by atoms with E-state index in [-0.39, 0.29) is 13.2 Å². The van der Waals surface area contributed by atoms with Crippen molar-refractivity contribution in [1.82, 2.24) is 0 Å². The average molecular weight is 593 g/mol. The lowest BCUT2D eigenvalue weighted by Gasteiger charge is -2.32. The summed E-state index contributed by atoms with van der Waals surface area (Å²) >= 11 is 0. The number of rotatable bonds is 10. The van der Waals surface area contributed by atoms with E-state index >= 15 is 0 Å². The van der Waals surface area contributed by atoms with E-state index in [1.165, 1.54) is 45.5 Å². The van der Waals surface area contributed by atoms with E-state index in [2.05, 4.69) is 111 Å². The van der Waals surface area contributed by atoms with Gasteiger partial charge in [-0.3, -0.25) is 0 Å². The Morgan fingerprint density at radius 2 is 0.927 bits per heavy atom. The lowest BCUT2D eigenvalue weighted by molar-refractivity contribution is 0.315. The van der Waals surface area contributed by atoms with Crippen LogP contribution >= 0.6 is 0 Å². The van der Waals surface area contributed by atoms with Crippen molar-refractivity contribution in [2.24, 2.45) is 0 Å². The molecule has 0 fully saturated rings. The summed E-state index contributed by atoms with van der Waals surface area (Å²) < 4.78 is 0. The predicted molar refractivity (Wildman–Crippen MR) is 182 cm³/mol. The van der Waals surface area contributed by atoms with E-state index in [1.807, 2.05) is 0 Å². The van der Waals surface area contributed by atoms with Gasteiger partial charge in [0.05, 0.1) is 16.1 Å². The van der Waals surface area contributed by atoms with E-state index in [9.17, 15) is 10.2 Å². The fraction of sp³-hybridized carbons (Fsp3) is 0.333. The zero-order valence-corrected chi connectivity index (χ0v) is 28.5. The largest absolute Gasteiger partial charge is 0.397 e. The molecule has 0 aromatic heterocycles. The minimum absolute atomic E-state index is 0.281. The number of fused-ring (bicyclic) bond motifs is 6. The molecule has 2 nitrogen and oxygen atoms in total. The standard InChI is InChI=1S/C36H44O2Si3/c1-40(2,21-19-37)35-31-15-7-5-13-27(31)29-17-9-11-25(33(29)35)23-39-24-26-12-10-18-30-28-14-6-8-16-32(28)36(34(26)30)41(3,4)22-20-38/h5-18,35-38H,19-24,39H2,1-4H3. The van der Waals surface area contributed by atoms with E-state index in [0.29, 0.717) is 11.1 Å². The molecular formula is C36H44O2Si3. The molecule has 0 spiro atoms. The molecule has 0 bridgehead atoms. The Kier molecular flexibility index (Phi) is 7.85. The molecule has 4 aromatic carbocycles. The van der Waals surface area contributed by atoms with Crippen LogP contribution in [0.4, 0.5) is 0 Å². The molecule has 6 rings (SSSR count). The minimum atomic E-state index is -1.75. The molecule has 5 heteroatoms. The Balaban J connectivity index is 1.33. The van der Waals surface area contributed by atoms with Crippen LogP contribution in [0.2, 0.25) is 38.3 Å². The van der Waals surface area contributed by atoms with Crippen LogP contribution in [0.15, 0.2) is 84.9 Å². The average Bonchev–Trinajstić information content (AvgIpc) is 3.48. The summed E-state index contributed by atoms with van der Waals surface area (Å²) in [6.07, 6.45) is 0. The Hall–Kier alpha value is -2.55. The molecule has 0 aliphatic heterocycles. The maximum atomic E-state index is 9.98. The minimum Gasteiger partial charge on any atom is -0.397 e. The van der Waals surface area contributed by atoms with Gasteiger partial charge in [-0.25, -0.2) is 0 Å². The molecule has 2 unspecified atom stereocenters. The van der Waals surface area contributed by atoms with Crippen molar-refractivity contribution in [2.75, 3.05) is 13.2 Å². The molecule has 0 heterocycles. The first kappa shape index (κ1) is 28.6. The number of aliphatic hydroxyl groups is 2. The second-order valence-electron chi connectivity index (χ2n) is 13.6. The van der Waals surface area contributed by atoms with E-state index in [1.54, 1.807) is 22.3 Å². The second kappa shape index (κ2) is 11.3. The van der Waals surface area contributed by atoms with Crippen LogP contribution < -0.4 is 0 Å². The summed E-state index contributed by atoms with van der Waals surface area (Å²) in [7, 11) is -3.91. The van der Waals surface area contributed by atoms with Crippen molar-refractivity contribution >= 4 is 25.7 Å². The molecule has 2 atom stereocenters. The van der Waals surface area contributed by atoms with Crippen molar-refractivity contribution in [1.29, 1.82) is 0 Å². The van der Waals surface area contributed by atoms with Crippen molar-refractivity contribution in [3.63, 3.8) is 0 Å². The van der Waals surface area contributed by atoms with Crippen LogP contribution in [0.1, 0.15) is 44.5 Å². The van der Waals surface area contributed by atoms with Crippen LogP contribution in [0.25, 0.3) is 22.3 Å². The molecule has 212 valence electrons. The quantitative estimate of drug-likeness (QED) is 0.190. The molecule has 4 aromatic rings. The maximum Gasteiger partial charge on any atom is 0.0627 e. The molecule has 0 amide bonds. The Bertz CT molecular complexity index is 1460. The van der Waals surface area contributed by atoms with Crippen LogP contribution in [0.3, 0.4) is 0 Å². The van der Waals surface area contributed by atoms with Crippen molar-refractivity contribution in [3.8, 4) is 22.3 Å². The monoisotopic (exact) mass is 592 g/mol. The van der Waals surface area contributed by atoms with Gasteiger partial charge in [-0.15, -0.1) is 0 Å². The van der Waals surface area contributed by atoms with Gasteiger partial charge in [-0.1, -0.05) is 111 Å². The highest BCUT2D eigenvalue weighted by atomic mass is 28.3. The van der Waals surface area contributed by atoms with E-state index in [4.69, 9.17) is 0 Å². The normalized spacial score (nSPS) is 17.5. The number of hydrogen-bond acceptors (Lipinski definition) is 2. The van der Waals surface area contributed by atoms with Crippen LogP contribution in [0, 0.1) is 0 Å². The summed E-state index contributed by atoms with van der Waals surface area (Å²) in [5.41, 5.74) is 15.8. The smallest absolute Gasteiger partial charge is 0.0627 e. The Labute approximate surface area is 250 Å². The molecule has 41 heavy (non-hydrogen) atoms. The van der Waals surface area contributed by atoms with Gasteiger partial charge >= 0.3 is 0 Å². The predicted octanol–water partition coefficient (Wildman–Crippen LogP) is 7.26. The Morgan fingerprint density at radius 1 is 0.537 bits per heavy atom. The van der Waals surface area contributed by atoms with Crippen LogP contribution in [0.5, 0.6) is 0 Å². The number of aliphatic hydroxyl groups excluding tert-OH is 2. The summed E-state index contributed by atoms with van der Waals surface area (Å²) in [5.74, 6) is 0. The van der Waals surface area contributed by atoms with Gasteiger partial charge in [0.15, 0.2) is 0 Å². The van der Waals surface area contributed by atoms with Gasteiger partial charge in [0.25, 0.3) is 0 Å². The first-order chi connectivity index (χ1) is 19.8. The molecule has 0 saturated carbocycles. The first-order valence-corrected chi connectivity index (χ1v) is 24.0. The SMILES string of the molecule is C[Si](C)(CCO)C1c2ccccc2-c2cccc(C[SiH2]Cc3cccc4c3C([Si](C)(C)CCO)c3ccccc3-4)c21. The lowest BCUT2D eigenvalue weighted by Crippen LogP contribution is -2.36. The van der Waals surface area contributed by atoms with Gasteiger partial charge in [-0.2, -0.15) is 0 Å². The third-order valence-electron chi connectivity index (χ3n) is 10.1. The third-order valence-corrected chi connectivity index (χ3v) is 19.2. The zero-order chi connectivity index (χ0) is 28.8. The summed E-state index contributed by atoms with van der Waals surface area (Å²) in [6, 6.07) is 36.4. The molecule has 0 radical (unpaired) electrons. The number of hydrogen-bond donors (Lipinski definition) is 2. The summed E-state index contributed by atoms with van der Waals surface area (Å²) in [5, 5.41) is 20.0. The molecular weight excluding hydrogens is 549 g/mol. The summed E-state index contributed by atoms with van der Waals surface area (Å²) in [4.78, 5) is 0. The van der Waals surface area contributed by atoms with Crippen molar-refractivity contribution < 1.29 is 10.2 Å². The topological polar surface area (TPSA) is 40.5 Å². The van der Waals surface area contributed by atoms with Gasteiger partial charge in [0.2, 0.25) is 0 Å². The highest BCUT2D eigenvalue weighted by Gasteiger charge is 2.42. The van der Waals surface area contributed by atoms with Crippen LogP contribution in [-0.2, 0) is 12.1 Å². The van der Waals surface area contributed by atoms with E-state index < -0.39 is 25.7 Å². The van der Waals surface area contributed by atoms with E-state index in [0.717, 1.165) is 12.1 Å².